The molecule has 0 heterocycles. The molecule has 2 atom stereocenters. The molecule has 1 N–H and O–H groups in total. The first-order valence-corrected chi connectivity index (χ1v) is 9.37. The molecule has 3 aromatic rings. The first-order valence-electron chi connectivity index (χ1n) is 9.37. The van der Waals surface area contributed by atoms with Crippen LogP contribution in [0.15, 0.2) is 91.0 Å². The van der Waals surface area contributed by atoms with Crippen LogP contribution in [0.25, 0.3) is 6.08 Å². The number of aliphatic hydroxyl groups is 1. The van der Waals surface area contributed by atoms with Crippen LogP contribution in [-0.2, 0) is 0 Å². The van der Waals surface area contributed by atoms with Gasteiger partial charge in [-0.05, 0) is 35.2 Å². The lowest BCUT2D eigenvalue weighted by Gasteiger charge is -2.23. The van der Waals surface area contributed by atoms with Gasteiger partial charge in [0, 0.05) is 25.7 Å². The first-order chi connectivity index (χ1) is 13.1. The van der Waals surface area contributed by atoms with Gasteiger partial charge in [-0.25, -0.2) is 0 Å². The highest BCUT2D eigenvalue weighted by molar-refractivity contribution is 5.49. The van der Waals surface area contributed by atoms with E-state index in [4.69, 9.17) is 0 Å². The average Bonchev–Trinajstić information content (AvgIpc) is 2.72. The summed E-state index contributed by atoms with van der Waals surface area (Å²) in [5, 5.41) is 11.1. The minimum atomic E-state index is -0.552. The Morgan fingerprint density at radius 3 is 1.96 bits per heavy atom. The molecule has 2 heteroatoms. The number of anilines is 1. The largest absolute Gasteiger partial charge is 0.388 e. The molecule has 0 aliphatic heterocycles. The molecule has 0 fully saturated rings. The van der Waals surface area contributed by atoms with E-state index in [0.29, 0.717) is 0 Å². The van der Waals surface area contributed by atoms with Crippen molar-refractivity contribution in [2.75, 3.05) is 19.0 Å². The second-order valence-corrected chi connectivity index (χ2v) is 7.00. The molecule has 0 bridgehead atoms. The van der Waals surface area contributed by atoms with E-state index in [1.54, 1.807) is 0 Å². The fourth-order valence-electron chi connectivity index (χ4n) is 3.26. The minimum absolute atomic E-state index is 0.0105. The van der Waals surface area contributed by atoms with Crippen molar-refractivity contribution in [3.63, 3.8) is 0 Å². The van der Waals surface area contributed by atoms with E-state index in [-0.39, 0.29) is 5.92 Å². The number of rotatable bonds is 7. The fourth-order valence-corrected chi connectivity index (χ4v) is 3.26. The third-order valence-electron chi connectivity index (χ3n) is 4.86. The molecule has 0 saturated heterocycles. The van der Waals surface area contributed by atoms with E-state index in [2.05, 4.69) is 53.5 Å². The summed E-state index contributed by atoms with van der Waals surface area (Å²) >= 11 is 0. The SMILES string of the molecule is CN(C)c1ccc([C@H](O)[C@@H](C/C=C/c2ccccc2)c2ccccc2)cc1. The molecule has 27 heavy (non-hydrogen) atoms. The predicted molar refractivity (Wildman–Crippen MR) is 115 cm³/mol. The Labute approximate surface area is 162 Å². The van der Waals surface area contributed by atoms with Gasteiger partial charge in [0.15, 0.2) is 0 Å². The Hall–Kier alpha value is -2.84. The summed E-state index contributed by atoms with van der Waals surface area (Å²) in [7, 11) is 4.04. The molecule has 0 amide bonds. The molecular formula is C25H27NO. The molecule has 3 aromatic carbocycles. The summed E-state index contributed by atoms with van der Waals surface area (Å²) in [4.78, 5) is 2.06. The van der Waals surface area contributed by atoms with Gasteiger partial charge < -0.3 is 10.0 Å². The zero-order valence-electron chi connectivity index (χ0n) is 16.0. The third-order valence-corrected chi connectivity index (χ3v) is 4.86. The normalized spacial score (nSPS) is 13.4. The van der Waals surface area contributed by atoms with Crippen LogP contribution in [0.5, 0.6) is 0 Å². The Morgan fingerprint density at radius 1 is 0.778 bits per heavy atom. The van der Waals surface area contributed by atoms with Crippen LogP contribution in [0.3, 0.4) is 0 Å². The van der Waals surface area contributed by atoms with Gasteiger partial charge in [0.05, 0.1) is 6.10 Å². The van der Waals surface area contributed by atoms with E-state index in [9.17, 15) is 5.11 Å². The summed E-state index contributed by atoms with van der Waals surface area (Å²) in [6.45, 7) is 0. The van der Waals surface area contributed by atoms with Crippen molar-refractivity contribution in [1.29, 1.82) is 0 Å². The van der Waals surface area contributed by atoms with Gasteiger partial charge in [-0.1, -0.05) is 84.9 Å². The van der Waals surface area contributed by atoms with Crippen LogP contribution in [-0.4, -0.2) is 19.2 Å². The molecule has 2 nitrogen and oxygen atoms in total. The molecule has 0 aliphatic rings. The summed E-state index contributed by atoms with van der Waals surface area (Å²) in [6, 6.07) is 28.7. The maximum Gasteiger partial charge on any atom is 0.0861 e. The van der Waals surface area contributed by atoms with Crippen LogP contribution in [0.1, 0.15) is 35.1 Å². The van der Waals surface area contributed by atoms with Gasteiger partial charge >= 0.3 is 0 Å². The van der Waals surface area contributed by atoms with Crippen LogP contribution >= 0.6 is 0 Å². The lowest BCUT2D eigenvalue weighted by atomic mass is 9.86. The number of aliphatic hydroxyl groups excluding tert-OH is 1. The maximum atomic E-state index is 11.1. The Bertz CT molecular complexity index is 839. The van der Waals surface area contributed by atoms with Crippen molar-refractivity contribution in [3.05, 3.63) is 108 Å². The molecule has 0 spiro atoms. The van der Waals surface area contributed by atoms with Gasteiger partial charge in [0.2, 0.25) is 0 Å². The van der Waals surface area contributed by atoms with E-state index in [0.717, 1.165) is 23.2 Å². The van der Waals surface area contributed by atoms with E-state index in [1.807, 2.05) is 62.6 Å². The van der Waals surface area contributed by atoms with Gasteiger partial charge in [-0.15, -0.1) is 0 Å². The molecule has 138 valence electrons. The Balaban J connectivity index is 1.82. The quantitative estimate of drug-likeness (QED) is 0.588. The standard InChI is InChI=1S/C25H27NO/c1-26(2)23-18-16-22(17-19-23)25(27)24(21-13-7-4-8-14-21)15-9-12-20-10-5-3-6-11-20/h3-14,16-19,24-25,27H,15H2,1-2H3/b12-9+/t24-,25-/m0/s1. The number of hydrogen-bond acceptors (Lipinski definition) is 2. The van der Waals surface area contributed by atoms with Gasteiger partial charge in [-0.2, -0.15) is 0 Å². The van der Waals surface area contributed by atoms with Crippen molar-refractivity contribution in [2.45, 2.75) is 18.4 Å². The highest BCUT2D eigenvalue weighted by atomic mass is 16.3. The first kappa shape index (κ1) is 18.9. The average molecular weight is 357 g/mol. The smallest absolute Gasteiger partial charge is 0.0861 e. The van der Waals surface area contributed by atoms with Gasteiger partial charge in [-0.3, -0.25) is 0 Å². The Kier molecular flexibility index (Phi) is 6.45. The molecular weight excluding hydrogens is 330 g/mol. The molecule has 3 rings (SSSR count). The monoisotopic (exact) mass is 357 g/mol. The van der Waals surface area contributed by atoms with E-state index >= 15 is 0 Å². The minimum Gasteiger partial charge on any atom is -0.388 e. The third kappa shape index (κ3) is 5.08. The van der Waals surface area contributed by atoms with E-state index < -0.39 is 6.10 Å². The van der Waals surface area contributed by atoms with Crippen LogP contribution in [0, 0.1) is 0 Å². The lowest BCUT2D eigenvalue weighted by molar-refractivity contribution is 0.145. The maximum absolute atomic E-state index is 11.1. The fraction of sp³-hybridized carbons (Fsp3) is 0.200. The molecule has 0 radical (unpaired) electrons. The molecule has 0 aliphatic carbocycles. The predicted octanol–water partition coefficient (Wildman–Crippen LogP) is 5.67. The molecule has 0 unspecified atom stereocenters. The van der Waals surface area contributed by atoms with E-state index in [1.165, 1.54) is 5.56 Å². The summed E-state index contributed by atoms with van der Waals surface area (Å²) in [6.07, 6.45) is 4.50. The number of nitrogens with zero attached hydrogens (tertiary/aromatic N) is 1. The van der Waals surface area contributed by atoms with Crippen molar-refractivity contribution in [3.8, 4) is 0 Å². The van der Waals surface area contributed by atoms with Crippen molar-refractivity contribution >= 4 is 11.8 Å². The zero-order valence-corrected chi connectivity index (χ0v) is 16.0. The summed E-state index contributed by atoms with van der Waals surface area (Å²) in [5.41, 5.74) is 4.40. The van der Waals surface area contributed by atoms with Crippen LogP contribution in [0.4, 0.5) is 5.69 Å². The zero-order chi connectivity index (χ0) is 19.1. The van der Waals surface area contributed by atoms with Crippen molar-refractivity contribution in [2.24, 2.45) is 0 Å². The van der Waals surface area contributed by atoms with Crippen LogP contribution in [0.2, 0.25) is 0 Å². The number of allylic oxidation sites excluding steroid dienone is 1. The second-order valence-electron chi connectivity index (χ2n) is 7.00. The second kappa shape index (κ2) is 9.20. The van der Waals surface area contributed by atoms with Gasteiger partial charge in [0.25, 0.3) is 0 Å². The summed E-state index contributed by atoms with van der Waals surface area (Å²) < 4.78 is 0. The van der Waals surface area contributed by atoms with Crippen LogP contribution < -0.4 is 4.90 Å². The highest BCUT2D eigenvalue weighted by Crippen LogP contribution is 2.34. The topological polar surface area (TPSA) is 23.5 Å². The van der Waals surface area contributed by atoms with Crippen molar-refractivity contribution < 1.29 is 5.11 Å². The molecule has 0 aromatic heterocycles. The number of benzene rings is 3. The number of hydrogen-bond donors (Lipinski definition) is 1. The lowest BCUT2D eigenvalue weighted by Crippen LogP contribution is -2.12. The van der Waals surface area contributed by atoms with Crippen molar-refractivity contribution in [1.82, 2.24) is 0 Å². The molecule has 0 saturated carbocycles. The van der Waals surface area contributed by atoms with Gasteiger partial charge in [0.1, 0.15) is 0 Å². The highest BCUT2D eigenvalue weighted by Gasteiger charge is 2.21. The summed E-state index contributed by atoms with van der Waals surface area (Å²) in [5.74, 6) is 0.0105. The Morgan fingerprint density at radius 2 is 1.37 bits per heavy atom.